The van der Waals surface area contributed by atoms with Gasteiger partial charge < -0.3 is 9.84 Å². The number of rotatable bonds is 6. The van der Waals surface area contributed by atoms with E-state index in [0.717, 1.165) is 37.3 Å². The third-order valence-corrected chi connectivity index (χ3v) is 3.80. The summed E-state index contributed by atoms with van der Waals surface area (Å²) in [6.07, 6.45) is 3.37. The fourth-order valence-electron chi connectivity index (χ4n) is 2.87. The van der Waals surface area contributed by atoms with Crippen LogP contribution in [-0.2, 0) is 0 Å². The van der Waals surface area contributed by atoms with E-state index in [9.17, 15) is 9.59 Å². The summed E-state index contributed by atoms with van der Waals surface area (Å²) in [6.45, 7) is 7.84. The lowest BCUT2D eigenvalue weighted by molar-refractivity contribution is 0.0698. The summed E-state index contributed by atoms with van der Waals surface area (Å²) in [5.74, 6) is 0.755. The zero-order valence-corrected chi connectivity index (χ0v) is 12.9. The molecule has 1 atom stereocenters. The second-order valence-electron chi connectivity index (χ2n) is 5.82. The van der Waals surface area contributed by atoms with Crippen LogP contribution in [0, 0.1) is 12.8 Å². The van der Waals surface area contributed by atoms with E-state index in [2.05, 4.69) is 17.1 Å². The third-order valence-electron chi connectivity index (χ3n) is 3.80. The molecule has 1 saturated heterocycles. The van der Waals surface area contributed by atoms with E-state index < -0.39 is 0 Å². The zero-order chi connectivity index (χ0) is 15.2. The number of piperidine rings is 1. The first-order valence-corrected chi connectivity index (χ1v) is 7.76. The van der Waals surface area contributed by atoms with Crippen molar-refractivity contribution < 1.29 is 9.32 Å². The van der Waals surface area contributed by atoms with E-state index in [1.54, 1.807) is 6.92 Å². The zero-order valence-electron chi connectivity index (χ0n) is 12.9. The van der Waals surface area contributed by atoms with Gasteiger partial charge in [0.2, 0.25) is 0 Å². The molecule has 0 aromatic carbocycles. The fourth-order valence-corrected chi connectivity index (χ4v) is 2.87. The molecule has 21 heavy (non-hydrogen) atoms. The van der Waals surface area contributed by atoms with Crippen molar-refractivity contribution in [3.05, 3.63) is 22.2 Å². The molecule has 1 fully saturated rings. The maximum Gasteiger partial charge on any atom is 0.290 e. The SMILES string of the molecule is CCCN(CC(=O)n1oc(C)cc1=O)CC1CCCNC1. The van der Waals surface area contributed by atoms with E-state index in [-0.39, 0.29) is 18.0 Å². The lowest BCUT2D eigenvalue weighted by Crippen LogP contribution is -2.42. The molecule has 0 amide bonds. The van der Waals surface area contributed by atoms with E-state index in [4.69, 9.17) is 4.52 Å². The highest BCUT2D eigenvalue weighted by Gasteiger charge is 2.20. The lowest BCUT2D eigenvalue weighted by Gasteiger charge is -2.29. The van der Waals surface area contributed by atoms with Crippen molar-refractivity contribution in [2.75, 3.05) is 32.7 Å². The second-order valence-corrected chi connectivity index (χ2v) is 5.82. The third kappa shape index (κ3) is 4.54. The van der Waals surface area contributed by atoms with Crippen LogP contribution in [0.2, 0.25) is 0 Å². The summed E-state index contributed by atoms with van der Waals surface area (Å²) < 4.78 is 6.03. The molecular weight excluding hydrogens is 270 g/mol. The number of nitrogens with one attached hydrogen (secondary N) is 1. The molecule has 0 aliphatic carbocycles. The van der Waals surface area contributed by atoms with Crippen LogP contribution in [0.5, 0.6) is 0 Å². The van der Waals surface area contributed by atoms with Gasteiger partial charge in [0.1, 0.15) is 5.76 Å². The maximum absolute atomic E-state index is 12.2. The van der Waals surface area contributed by atoms with Gasteiger partial charge in [-0.2, -0.15) is 0 Å². The van der Waals surface area contributed by atoms with E-state index in [0.29, 0.717) is 11.7 Å². The minimum Gasteiger partial charge on any atom is -0.373 e. The molecule has 1 aromatic heterocycles. The molecule has 0 saturated carbocycles. The Balaban J connectivity index is 1.96. The molecule has 118 valence electrons. The predicted octanol–water partition coefficient (Wildman–Crippen LogP) is 1.10. The first-order chi connectivity index (χ1) is 10.1. The van der Waals surface area contributed by atoms with Crippen LogP contribution in [0.25, 0.3) is 0 Å². The molecule has 0 radical (unpaired) electrons. The molecule has 1 unspecified atom stereocenters. The summed E-state index contributed by atoms with van der Waals surface area (Å²) in [5.41, 5.74) is -0.381. The van der Waals surface area contributed by atoms with E-state index >= 15 is 0 Å². The smallest absolute Gasteiger partial charge is 0.290 e. The number of hydrogen-bond donors (Lipinski definition) is 1. The highest BCUT2D eigenvalue weighted by atomic mass is 16.5. The number of aromatic nitrogens is 1. The Morgan fingerprint density at radius 1 is 1.57 bits per heavy atom. The summed E-state index contributed by atoms with van der Waals surface area (Å²) in [4.78, 5) is 26.0. The van der Waals surface area contributed by atoms with Crippen LogP contribution in [0.15, 0.2) is 15.4 Å². The Kier molecular flexibility index (Phi) is 5.76. The molecule has 6 heteroatoms. The standard InChI is InChI=1S/C15H25N3O3/c1-3-7-17(10-13-5-4-6-16-9-13)11-15(20)18-14(19)8-12(2)21-18/h8,13,16H,3-7,9-11H2,1-2H3. The maximum atomic E-state index is 12.2. The molecule has 1 aliphatic rings. The van der Waals surface area contributed by atoms with Gasteiger partial charge in [0.15, 0.2) is 0 Å². The summed E-state index contributed by atoms with van der Waals surface area (Å²) in [7, 11) is 0. The Bertz CT molecular complexity index is 514. The number of carbonyl (C=O) groups is 1. The van der Waals surface area contributed by atoms with Gasteiger partial charge in [-0.3, -0.25) is 14.5 Å². The Morgan fingerprint density at radius 2 is 2.38 bits per heavy atom. The molecule has 1 N–H and O–H groups in total. The van der Waals surface area contributed by atoms with Gasteiger partial charge in [0.25, 0.3) is 11.5 Å². The van der Waals surface area contributed by atoms with Crippen LogP contribution in [-0.4, -0.2) is 48.3 Å². The van der Waals surface area contributed by atoms with Gasteiger partial charge in [-0.15, -0.1) is 4.74 Å². The van der Waals surface area contributed by atoms with Gasteiger partial charge in [0.05, 0.1) is 6.54 Å². The van der Waals surface area contributed by atoms with E-state index in [1.165, 1.54) is 18.9 Å². The van der Waals surface area contributed by atoms with Crippen molar-refractivity contribution in [3.8, 4) is 0 Å². The van der Waals surface area contributed by atoms with Crippen molar-refractivity contribution in [2.24, 2.45) is 5.92 Å². The summed E-state index contributed by atoms with van der Waals surface area (Å²) in [5, 5.41) is 3.39. The molecule has 2 rings (SSSR count). The average Bonchev–Trinajstić information content (AvgIpc) is 2.79. The Hall–Kier alpha value is -1.40. The summed E-state index contributed by atoms with van der Waals surface area (Å²) >= 11 is 0. The molecule has 0 spiro atoms. The Labute approximate surface area is 125 Å². The molecule has 2 heterocycles. The summed E-state index contributed by atoms with van der Waals surface area (Å²) in [6, 6.07) is 1.34. The van der Waals surface area contributed by atoms with Crippen LogP contribution in [0.3, 0.4) is 0 Å². The second kappa shape index (κ2) is 7.56. The molecule has 0 bridgehead atoms. The van der Waals surface area contributed by atoms with E-state index in [1.807, 2.05) is 0 Å². The normalized spacial score (nSPS) is 19.1. The number of carbonyl (C=O) groups excluding carboxylic acids is 1. The number of aryl methyl sites for hydroxylation is 1. The lowest BCUT2D eigenvalue weighted by atomic mass is 9.99. The van der Waals surface area contributed by atoms with Gasteiger partial charge in [-0.05, 0) is 51.7 Å². The average molecular weight is 295 g/mol. The van der Waals surface area contributed by atoms with Crippen molar-refractivity contribution in [1.29, 1.82) is 0 Å². The first-order valence-electron chi connectivity index (χ1n) is 7.76. The minimum atomic E-state index is -0.381. The quantitative estimate of drug-likeness (QED) is 0.851. The largest absolute Gasteiger partial charge is 0.373 e. The van der Waals surface area contributed by atoms with Gasteiger partial charge >= 0.3 is 0 Å². The monoisotopic (exact) mass is 295 g/mol. The molecule has 1 aliphatic heterocycles. The van der Waals surface area contributed by atoms with Crippen LogP contribution in [0.1, 0.15) is 36.7 Å². The van der Waals surface area contributed by atoms with Gasteiger partial charge in [-0.1, -0.05) is 6.92 Å². The molecular formula is C15H25N3O3. The van der Waals surface area contributed by atoms with Crippen molar-refractivity contribution in [1.82, 2.24) is 15.0 Å². The molecule has 1 aromatic rings. The highest BCUT2D eigenvalue weighted by molar-refractivity contribution is 5.79. The Morgan fingerprint density at radius 3 is 2.95 bits per heavy atom. The van der Waals surface area contributed by atoms with Crippen LogP contribution < -0.4 is 10.9 Å². The van der Waals surface area contributed by atoms with Crippen LogP contribution in [0.4, 0.5) is 0 Å². The number of hydrogen-bond acceptors (Lipinski definition) is 5. The van der Waals surface area contributed by atoms with Gasteiger partial charge in [-0.25, -0.2) is 0 Å². The van der Waals surface area contributed by atoms with Crippen molar-refractivity contribution in [2.45, 2.75) is 33.1 Å². The van der Waals surface area contributed by atoms with Crippen molar-refractivity contribution >= 4 is 5.91 Å². The predicted molar refractivity (Wildman–Crippen MR) is 80.7 cm³/mol. The molecule has 6 nitrogen and oxygen atoms in total. The minimum absolute atomic E-state index is 0.233. The number of nitrogens with zero attached hydrogens (tertiary/aromatic N) is 2. The topological polar surface area (TPSA) is 67.5 Å². The van der Waals surface area contributed by atoms with Crippen molar-refractivity contribution in [3.63, 3.8) is 0 Å². The van der Waals surface area contributed by atoms with Gasteiger partial charge in [0, 0.05) is 12.6 Å². The fraction of sp³-hybridized carbons (Fsp3) is 0.733. The van der Waals surface area contributed by atoms with Crippen LogP contribution >= 0.6 is 0 Å². The first kappa shape index (κ1) is 16.0. The highest BCUT2D eigenvalue weighted by Crippen LogP contribution is 2.12.